The zero-order valence-electron chi connectivity index (χ0n) is 13.6. The number of benzene rings is 1. The molecule has 1 aromatic carbocycles. The van der Waals surface area contributed by atoms with E-state index in [-0.39, 0.29) is 18.6 Å². The molecular formula is C16H24F3NO4. The molecule has 0 atom stereocenters. The van der Waals surface area contributed by atoms with E-state index in [9.17, 15) is 13.2 Å². The van der Waals surface area contributed by atoms with Crippen LogP contribution in [-0.2, 0) is 25.4 Å². The fourth-order valence-corrected chi connectivity index (χ4v) is 1.83. The van der Waals surface area contributed by atoms with Crippen LogP contribution in [0, 0.1) is 17.5 Å². The maximum atomic E-state index is 13.4. The lowest BCUT2D eigenvalue weighted by atomic mass is 10.1. The minimum Gasteiger partial charge on any atom is -0.379 e. The zero-order valence-corrected chi connectivity index (χ0v) is 13.6. The lowest BCUT2D eigenvalue weighted by molar-refractivity contribution is -0.000752. The standard InChI is InChI=1S/C16H24F3NO4/c17-13-11-15(18)14(16(19)12-13)1-3-21-5-7-23-9-10-24-8-6-22-4-2-20/h11-12H,1-10,20H2. The summed E-state index contributed by atoms with van der Waals surface area (Å²) >= 11 is 0. The second kappa shape index (κ2) is 13.1. The van der Waals surface area contributed by atoms with Crippen molar-refractivity contribution < 1.29 is 32.1 Å². The molecule has 0 fully saturated rings. The topological polar surface area (TPSA) is 62.9 Å². The number of hydrogen-bond acceptors (Lipinski definition) is 5. The van der Waals surface area contributed by atoms with E-state index in [4.69, 9.17) is 24.7 Å². The second-order valence-electron chi connectivity index (χ2n) is 4.84. The van der Waals surface area contributed by atoms with Gasteiger partial charge in [0.25, 0.3) is 0 Å². The largest absolute Gasteiger partial charge is 0.379 e. The van der Waals surface area contributed by atoms with Gasteiger partial charge in [0.05, 0.1) is 52.9 Å². The quantitative estimate of drug-likeness (QED) is 0.517. The Morgan fingerprint density at radius 2 is 1.08 bits per heavy atom. The van der Waals surface area contributed by atoms with E-state index in [1.165, 1.54) is 0 Å². The predicted octanol–water partition coefficient (Wildman–Crippen LogP) is 1.67. The van der Waals surface area contributed by atoms with Crippen molar-refractivity contribution in [3.63, 3.8) is 0 Å². The first-order valence-corrected chi connectivity index (χ1v) is 7.79. The highest BCUT2D eigenvalue weighted by Gasteiger charge is 2.10. The summed E-state index contributed by atoms with van der Waals surface area (Å²) in [5.74, 6) is -2.74. The molecule has 0 radical (unpaired) electrons. The van der Waals surface area contributed by atoms with Gasteiger partial charge in [-0.2, -0.15) is 0 Å². The predicted molar refractivity (Wildman–Crippen MR) is 82.4 cm³/mol. The lowest BCUT2D eigenvalue weighted by Crippen LogP contribution is -2.14. The lowest BCUT2D eigenvalue weighted by Gasteiger charge is -2.08. The maximum absolute atomic E-state index is 13.4. The molecule has 8 heteroatoms. The van der Waals surface area contributed by atoms with E-state index in [0.717, 1.165) is 0 Å². The molecule has 0 aliphatic carbocycles. The van der Waals surface area contributed by atoms with Gasteiger partial charge in [-0.05, 0) is 0 Å². The third-order valence-corrected chi connectivity index (χ3v) is 2.98. The molecule has 0 aromatic heterocycles. The summed E-state index contributed by atoms with van der Waals surface area (Å²) in [5, 5.41) is 0. The summed E-state index contributed by atoms with van der Waals surface area (Å²) < 4.78 is 60.4. The molecule has 5 nitrogen and oxygen atoms in total. The van der Waals surface area contributed by atoms with Crippen molar-refractivity contribution in [1.82, 2.24) is 0 Å². The Kier molecular flexibility index (Phi) is 11.4. The third-order valence-electron chi connectivity index (χ3n) is 2.98. The van der Waals surface area contributed by atoms with Crippen LogP contribution in [0.15, 0.2) is 12.1 Å². The van der Waals surface area contributed by atoms with Gasteiger partial charge in [-0.15, -0.1) is 0 Å². The van der Waals surface area contributed by atoms with Crippen molar-refractivity contribution >= 4 is 0 Å². The number of nitrogens with two attached hydrogens (primary N) is 1. The van der Waals surface area contributed by atoms with Gasteiger partial charge in [-0.3, -0.25) is 0 Å². The van der Waals surface area contributed by atoms with E-state index in [0.29, 0.717) is 64.9 Å². The summed E-state index contributed by atoms with van der Waals surface area (Å²) in [5.41, 5.74) is 5.08. The van der Waals surface area contributed by atoms with Crippen LogP contribution in [0.5, 0.6) is 0 Å². The van der Waals surface area contributed by atoms with Crippen LogP contribution in [0.25, 0.3) is 0 Å². The fraction of sp³-hybridized carbons (Fsp3) is 0.625. The Morgan fingerprint density at radius 3 is 1.54 bits per heavy atom. The van der Waals surface area contributed by atoms with Gasteiger partial charge in [0.2, 0.25) is 0 Å². The summed E-state index contributed by atoms with van der Waals surface area (Å²) in [7, 11) is 0. The van der Waals surface area contributed by atoms with Crippen LogP contribution in [0.4, 0.5) is 13.2 Å². The van der Waals surface area contributed by atoms with Crippen LogP contribution in [0.3, 0.4) is 0 Å². The monoisotopic (exact) mass is 351 g/mol. The van der Waals surface area contributed by atoms with Crippen molar-refractivity contribution in [2.75, 3.05) is 59.4 Å². The van der Waals surface area contributed by atoms with Crippen molar-refractivity contribution in [3.8, 4) is 0 Å². The van der Waals surface area contributed by atoms with Crippen molar-refractivity contribution in [2.45, 2.75) is 6.42 Å². The number of ether oxygens (including phenoxy) is 4. The van der Waals surface area contributed by atoms with Gasteiger partial charge in [0, 0.05) is 30.7 Å². The molecule has 0 saturated heterocycles. The Morgan fingerprint density at radius 1 is 0.667 bits per heavy atom. The van der Waals surface area contributed by atoms with Gasteiger partial charge >= 0.3 is 0 Å². The van der Waals surface area contributed by atoms with Crippen LogP contribution in [-0.4, -0.2) is 59.4 Å². The molecule has 0 spiro atoms. The van der Waals surface area contributed by atoms with E-state index in [2.05, 4.69) is 0 Å². The van der Waals surface area contributed by atoms with E-state index >= 15 is 0 Å². The Labute approximate surface area is 139 Å². The Balaban J connectivity index is 1.94. The van der Waals surface area contributed by atoms with Crippen LogP contribution >= 0.6 is 0 Å². The molecule has 0 aliphatic rings. The molecule has 138 valence electrons. The molecule has 2 N–H and O–H groups in total. The Hall–Kier alpha value is -1.19. The smallest absolute Gasteiger partial charge is 0.132 e. The highest BCUT2D eigenvalue weighted by molar-refractivity contribution is 5.20. The van der Waals surface area contributed by atoms with Gasteiger partial charge < -0.3 is 24.7 Å². The summed E-state index contributed by atoms with van der Waals surface area (Å²) in [6.45, 7) is 3.61. The third kappa shape index (κ3) is 9.19. The van der Waals surface area contributed by atoms with Crippen molar-refractivity contribution in [3.05, 3.63) is 35.1 Å². The molecule has 1 rings (SSSR count). The summed E-state index contributed by atoms with van der Waals surface area (Å²) in [6, 6.07) is 1.31. The molecule has 0 aliphatic heterocycles. The molecule has 24 heavy (non-hydrogen) atoms. The molecule has 1 aromatic rings. The molecular weight excluding hydrogens is 327 g/mol. The normalized spacial score (nSPS) is 11.2. The molecule has 0 heterocycles. The van der Waals surface area contributed by atoms with Crippen LogP contribution in [0.2, 0.25) is 0 Å². The van der Waals surface area contributed by atoms with Crippen LogP contribution < -0.4 is 5.73 Å². The average molecular weight is 351 g/mol. The van der Waals surface area contributed by atoms with Gasteiger partial charge in [0.15, 0.2) is 0 Å². The highest BCUT2D eigenvalue weighted by Crippen LogP contribution is 2.15. The Bertz CT molecular complexity index is 440. The van der Waals surface area contributed by atoms with Crippen molar-refractivity contribution in [1.29, 1.82) is 0 Å². The first-order chi connectivity index (χ1) is 11.6. The average Bonchev–Trinajstić information content (AvgIpc) is 2.53. The number of hydrogen-bond donors (Lipinski definition) is 1. The summed E-state index contributed by atoms with van der Waals surface area (Å²) in [6.07, 6.45) is 0.0316. The minimum absolute atomic E-state index is 0.0316. The molecule has 0 unspecified atom stereocenters. The summed E-state index contributed by atoms with van der Waals surface area (Å²) in [4.78, 5) is 0. The van der Waals surface area contributed by atoms with Crippen LogP contribution in [0.1, 0.15) is 5.56 Å². The van der Waals surface area contributed by atoms with Gasteiger partial charge in [-0.25, -0.2) is 13.2 Å². The minimum atomic E-state index is -0.934. The van der Waals surface area contributed by atoms with Gasteiger partial charge in [0.1, 0.15) is 17.5 Å². The highest BCUT2D eigenvalue weighted by atomic mass is 19.1. The molecule has 0 saturated carbocycles. The number of rotatable bonds is 14. The maximum Gasteiger partial charge on any atom is 0.132 e. The first-order valence-electron chi connectivity index (χ1n) is 7.79. The fourth-order valence-electron chi connectivity index (χ4n) is 1.83. The molecule has 0 amide bonds. The second-order valence-corrected chi connectivity index (χ2v) is 4.84. The van der Waals surface area contributed by atoms with E-state index in [1.54, 1.807) is 0 Å². The zero-order chi connectivity index (χ0) is 17.6. The van der Waals surface area contributed by atoms with E-state index < -0.39 is 17.5 Å². The first kappa shape index (κ1) is 20.9. The molecule has 0 bridgehead atoms. The SMILES string of the molecule is NCCOCCOCCOCCOCCc1c(F)cc(F)cc1F. The van der Waals surface area contributed by atoms with E-state index in [1.807, 2.05) is 0 Å². The van der Waals surface area contributed by atoms with Gasteiger partial charge in [-0.1, -0.05) is 0 Å². The number of halogens is 3. The van der Waals surface area contributed by atoms with Crippen molar-refractivity contribution in [2.24, 2.45) is 5.73 Å².